The second-order valence-corrected chi connectivity index (χ2v) is 4.78. The fourth-order valence-corrected chi connectivity index (χ4v) is 1.96. The van der Waals surface area contributed by atoms with Gasteiger partial charge in [-0.3, -0.25) is 0 Å². The van der Waals surface area contributed by atoms with Gasteiger partial charge in [-0.1, -0.05) is 42.5 Å². The second-order valence-electron chi connectivity index (χ2n) is 4.78. The van der Waals surface area contributed by atoms with Crippen molar-refractivity contribution in [3.05, 3.63) is 71.5 Å². The maximum atomic E-state index is 11.7. The molecule has 0 amide bonds. The Balaban J connectivity index is 1.99. The van der Waals surface area contributed by atoms with Crippen molar-refractivity contribution >= 4 is 12.0 Å². The van der Waals surface area contributed by atoms with E-state index in [1.807, 2.05) is 54.6 Å². The van der Waals surface area contributed by atoms with Crippen molar-refractivity contribution in [1.82, 2.24) is 0 Å². The van der Waals surface area contributed by atoms with Gasteiger partial charge in [0.25, 0.3) is 0 Å². The lowest BCUT2D eigenvalue weighted by molar-refractivity contribution is -0.141. The van der Waals surface area contributed by atoms with Crippen LogP contribution in [0.5, 0.6) is 5.75 Å². The van der Waals surface area contributed by atoms with Crippen molar-refractivity contribution < 1.29 is 19.0 Å². The van der Waals surface area contributed by atoms with Crippen LogP contribution < -0.4 is 4.74 Å². The van der Waals surface area contributed by atoms with Gasteiger partial charge in [-0.2, -0.15) is 0 Å². The Kier molecular flexibility index (Phi) is 6.24. The Hall–Kier alpha value is -2.75. The predicted molar refractivity (Wildman–Crippen MR) is 88.8 cm³/mol. The van der Waals surface area contributed by atoms with Gasteiger partial charge in [-0.15, -0.1) is 0 Å². The van der Waals surface area contributed by atoms with E-state index in [2.05, 4.69) is 0 Å². The molecule has 4 heteroatoms. The van der Waals surface area contributed by atoms with Crippen molar-refractivity contribution in [2.75, 3.05) is 13.7 Å². The lowest BCUT2D eigenvalue weighted by Gasteiger charge is -2.07. The van der Waals surface area contributed by atoms with Crippen LogP contribution in [-0.4, -0.2) is 19.7 Å². The number of methoxy groups -OCH3 is 1. The average molecular weight is 312 g/mol. The molecule has 0 atom stereocenters. The van der Waals surface area contributed by atoms with Crippen molar-refractivity contribution in [3.8, 4) is 5.75 Å². The molecule has 0 radical (unpaired) electrons. The zero-order valence-electron chi connectivity index (χ0n) is 13.3. The van der Waals surface area contributed by atoms with Gasteiger partial charge in [-0.25, -0.2) is 4.79 Å². The maximum absolute atomic E-state index is 11.7. The molecular formula is C19H20O4. The summed E-state index contributed by atoms with van der Waals surface area (Å²) in [6.45, 7) is 2.58. The van der Waals surface area contributed by atoms with E-state index in [-0.39, 0.29) is 5.76 Å². The summed E-state index contributed by atoms with van der Waals surface area (Å²) < 4.78 is 15.7. The number of hydrogen-bond donors (Lipinski definition) is 0. The third-order valence-corrected chi connectivity index (χ3v) is 3.12. The normalized spacial score (nSPS) is 11.0. The molecule has 2 rings (SSSR count). The van der Waals surface area contributed by atoms with Gasteiger partial charge in [0.05, 0.1) is 13.7 Å². The Bertz CT molecular complexity index is 645. The van der Waals surface area contributed by atoms with E-state index >= 15 is 0 Å². The molecule has 0 heterocycles. The zero-order valence-corrected chi connectivity index (χ0v) is 13.3. The van der Waals surface area contributed by atoms with E-state index in [9.17, 15) is 4.79 Å². The first-order valence-electron chi connectivity index (χ1n) is 7.42. The van der Waals surface area contributed by atoms with E-state index in [0.717, 1.165) is 16.9 Å². The molecule has 0 aromatic heterocycles. The quantitative estimate of drug-likeness (QED) is 0.443. The van der Waals surface area contributed by atoms with Gasteiger partial charge in [0.2, 0.25) is 5.76 Å². The minimum absolute atomic E-state index is 0.171. The highest BCUT2D eigenvalue weighted by molar-refractivity contribution is 5.91. The summed E-state index contributed by atoms with van der Waals surface area (Å²) in [5.41, 5.74) is 1.95. The number of rotatable bonds is 7. The first-order chi connectivity index (χ1) is 11.2. The number of esters is 1. The fourth-order valence-electron chi connectivity index (χ4n) is 1.96. The SMILES string of the molecule is CCOC(=O)/C(=C/c1ccc(OCc2ccccc2)cc1)OC. The lowest BCUT2D eigenvalue weighted by Crippen LogP contribution is -2.08. The number of benzene rings is 2. The Morgan fingerprint density at radius 1 is 1.04 bits per heavy atom. The molecule has 0 fully saturated rings. The summed E-state index contributed by atoms with van der Waals surface area (Å²) in [4.78, 5) is 11.7. The van der Waals surface area contributed by atoms with Crippen molar-refractivity contribution in [2.45, 2.75) is 13.5 Å². The summed E-state index contributed by atoms with van der Waals surface area (Å²) in [6, 6.07) is 17.4. The molecule has 120 valence electrons. The van der Waals surface area contributed by atoms with Crippen LogP contribution in [0, 0.1) is 0 Å². The zero-order chi connectivity index (χ0) is 16.5. The molecule has 0 aliphatic carbocycles. The van der Waals surface area contributed by atoms with Gasteiger partial charge < -0.3 is 14.2 Å². The molecule has 23 heavy (non-hydrogen) atoms. The number of ether oxygens (including phenoxy) is 3. The monoisotopic (exact) mass is 312 g/mol. The lowest BCUT2D eigenvalue weighted by atomic mass is 10.2. The van der Waals surface area contributed by atoms with Gasteiger partial charge in [-0.05, 0) is 36.3 Å². The second kappa shape index (κ2) is 8.63. The number of carbonyl (C=O) groups is 1. The number of carbonyl (C=O) groups excluding carboxylic acids is 1. The highest BCUT2D eigenvalue weighted by Gasteiger charge is 2.10. The van der Waals surface area contributed by atoms with Gasteiger partial charge in [0.1, 0.15) is 12.4 Å². The minimum Gasteiger partial charge on any atom is -0.490 e. The Morgan fingerprint density at radius 3 is 2.35 bits per heavy atom. The predicted octanol–water partition coefficient (Wildman–Crippen LogP) is 3.82. The molecule has 2 aromatic carbocycles. The fraction of sp³-hybridized carbons (Fsp3) is 0.211. The molecule has 0 N–H and O–H groups in total. The van der Waals surface area contributed by atoms with Gasteiger partial charge in [0.15, 0.2) is 0 Å². The summed E-state index contributed by atoms with van der Waals surface area (Å²) in [6.07, 6.45) is 1.64. The summed E-state index contributed by atoms with van der Waals surface area (Å²) >= 11 is 0. The van der Waals surface area contributed by atoms with Crippen LogP contribution in [0.4, 0.5) is 0 Å². The third kappa shape index (κ3) is 5.18. The third-order valence-electron chi connectivity index (χ3n) is 3.12. The number of hydrogen-bond acceptors (Lipinski definition) is 4. The van der Waals surface area contributed by atoms with Crippen LogP contribution in [-0.2, 0) is 20.9 Å². The van der Waals surface area contributed by atoms with E-state index < -0.39 is 5.97 Å². The molecule has 4 nitrogen and oxygen atoms in total. The van der Waals surface area contributed by atoms with Crippen molar-refractivity contribution in [1.29, 1.82) is 0 Å². The summed E-state index contributed by atoms with van der Waals surface area (Å²) in [7, 11) is 1.44. The minimum atomic E-state index is -0.473. The smallest absolute Gasteiger partial charge is 0.373 e. The Labute approximate surface area is 136 Å². The molecule has 0 aliphatic rings. The first kappa shape index (κ1) is 16.6. The average Bonchev–Trinajstić information content (AvgIpc) is 2.60. The molecular weight excluding hydrogens is 292 g/mol. The largest absolute Gasteiger partial charge is 0.490 e. The van der Waals surface area contributed by atoms with Crippen LogP contribution in [0.3, 0.4) is 0 Å². The summed E-state index contributed by atoms with van der Waals surface area (Å²) in [5, 5.41) is 0. The molecule has 0 bridgehead atoms. The van der Waals surface area contributed by atoms with E-state index in [0.29, 0.717) is 13.2 Å². The van der Waals surface area contributed by atoms with Crippen LogP contribution >= 0.6 is 0 Å². The standard InChI is InChI=1S/C19H20O4/c1-3-22-19(20)18(21-2)13-15-9-11-17(12-10-15)23-14-16-7-5-4-6-8-16/h4-13H,3,14H2,1-2H3/b18-13-. The van der Waals surface area contributed by atoms with Crippen LogP contribution in [0.1, 0.15) is 18.1 Å². The van der Waals surface area contributed by atoms with Crippen LogP contribution in [0.15, 0.2) is 60.4 Å². The Morgan fingerprint density at radius 2 is 1.74 bits per heavy atom. The molecule has 0 spiro atoms. The van der Waals surface area contributed by atoms with Crippen molar-refractivity contribution in [3.63, 3.8) is 0 Å². The van der Waals surface area contributed by atoms with Gasteiger partial charge >= 0.3 is 5.97 Å². The molecule has 2 aromatic rings. The maximum Gasteiger partial charge on any atom is 0.373 e. The van der Waals surface area contributed by atoms with Crippen LogP contribution in [0.2, 0.25) is 0 Å². The van der Waals surface area contributed by atoms with Crippen molar-refractivity contribution in [2.24, 2.45) is 0 Å². The topological polar surface area (TPSA) is 44.8 Å². The van der Waals surface area contributed by atoms with Gasteiger partial charge in [0, 0.05) is 0 Å². The molecule has 0 aliphatic heterocycles. The van der Waals surface area contributed by atoms with E-state index in [1.165, 1.54) is 7.11 Å². The summed E-state index contributed by atoms with van der Waals surface area (Å²) in [5.74, 6) is 0.463. The first-order valence-corrected chi connectivity index (χ1v) is 7.42. The van der Waals surface area contributed by atoms with E-state index in [1.54, 1.807) is 13.0 Å². The molecule has 0 saturated heterocycles. The molecule has 0 unspecified atom stereocenters. The van der Waals surface area contributed by atoms with Crippen LogP contribution in [0.25, 0.3) is 6.08 Å². The highest BCUT2D eigenvalue weighted by Crippen LogP contribution is 2.16. The highest BCUT2D eigenvalue weighted by atomic mass is 16.6. The van der Waals surface area contributed by atoms with E-state index in [4.69, 9.17) is 14.2 Å². The molecule has 0 saturated carbocycles.